The lowest BCUT2D eigenvalue weighted by Crippen LogP contribution is -2.51. The van der Waals surface area contributed by atoms with E-state index < -0.39 is 11.9 Å². The average molecular weight is 387 g/mol. The van der Waals surface area contributed by atoms with E-state index in [4.69, 9.17) is 0 Å². The summed E-state index contributed by atoms with van der Waals surface area (Å²) in [6.07, 6.45) is 6.17. The third-order valence-electron chi connectivity index (χ3n) is 5.62. The van der Waals surface area contributed by atoms with Crippen molar-refractivity contribution in [1.82, 2.24) is 10.2 Å². The van der Waals surface area contributed by atoms with Gasteiger partial charge < -0.3 is 20.3 Å². The van der Waals surface area contributed by atoms with E-state index in [9.17, 15) is 14.4 Å². The summed E-state index contributed by atoms with van der Waals surface area (Å²) in [6, 6.07) is 7.10. The van der Waals surface area contributed by atoms with Crippen molar-refractivity contribution < 1.29 is 19.1 Å². The number of esters is 1. The molecule has 2 N–H and O–H groups in total. The number of nitrogens with one attached hydrogen (secondary N) is 2. The van der Waals surface area contributed by atoms with E-state index in [2.05, 4.69) is 20.3 Å². The van der Waals surface area contributed by atoms with Gasteiger partial charge in [-0.3, -0.25) is 9.59 Å². The number of benzene rings is 1. The fraction of sp³-hybridized carbons (Fsp3) is 0.571. The number of rotatable bonds is 5. The Bertz CT molecular complexity index is 702. The third-order valence-corrected chi connectivity index (χ3v) is 5.62. The molecule has 1 aromatic rings. The van der Waals surface area contributed by atoms with Gasteiger partial charge in [-0.25, -0.2) is 4.79 Å². The van der Waals surface area contributed by atoms with E-state index in [0.717, 1.165) is 0 Å². The second-order valence-electron chi connectivity index (χ2n) is 7.46. The van der Waals surface area contributed by atoms with Crippen molar-refractivity contribution in [3.8, 4) is 0 Å². The Hall–Kier alpha value is -2.41. The molecule has 3 rings (SSSR count). The molecule has 152 valence electrons. The molecule has 2 aliphatic heterocycles. The van der Waals surface area contributed by atoms with Crippen molar-refractivity contribution in [3.63, 3.8) is 0 Å². The minimum absolute atomic E-state index is 0.115. The van der Waals surface area contributed by atoms with Gasteiger partial charge in [0, 0.05) is 23.8 Å². The third kappa shape index (κ3) is 5.10. The molecule has 2 aliphatic rings. The number of hydrogen-bond donors (Lipinski definition) is 2. The van der Waals surface area contributed by atoms with E-state index in [-0.39, 0.29) is 12.5 Å². The first kappa shape index (κ1) is 20.3. The summed E-state index contributed by atoms with van der Waals surface area (Å²) in [5.74, 6) is -1.35. The van der Waals surface area contributed by atoms with Crippen LogP contribution < -0.4 is 10.6 Å². The van der Waals surface area contributed by atoms with Crippen LogP contribution in [-0.2, 0) is 14.3 Å². The molecule has 2 atom stereocenters. The van der Waals surface area contributed by atoms with Gasteiger partial charge in [-0.15, -0.1) is 0 Å². The minimum Gasteiger partial charge on any atom is -0.459 e. The number of carbonyl (C=O) groups excluding carboxylic acids is 3. The maximum Gasteiger partial charge on any atom is 0.397 e. The molecule has 0 bridgehead atoms. The average Bonchev–Trinajstić information content (AvgIpc) is 2.72. The molecule has 7 heteroatoms. The SMILES string of the molecule is CCOC(=O)C(=O)Nc1ccc(C(=O)NC[C@H]2CCCN3CCCC[C@H]23)cc1. The molecule has 2 fully saturated rings. The zero-order chi connectivity index (χ0) is 19.9. The number of carbonyl (C=O) groups is 3. The highest BCUT2D eigenvalue weighted by Crippen LogP contribution is 2.30. The Labute approximate surface area is 165 Å². The molecule has 2 amide bonds. The van der Waals surface area contributed by atoms with Gasteiger partial charge in [0.25, 0.3) is 5.91 Å². The quantitative estimate of drug-likeness (QED) is 0.597. The topological polar surface area (TPSA) is 87.7 Å². The first-order valence-electron chi connectivity index (χ1n) is 10.2. The van der Waals surface area contributed by atoms with Gasteiger partial charge in [0.05, 0.1) is 6.61 Å². The van der Waals surface area contributed by atoms with Crippen LogP contribution >= 0.6 is 0 Å². The van der Waals surface area contributed by atoms with Crippen molar-refractivity contribution in [1.29, 1.82) is 0 Å². The van der Waals surface area contributed by atoms with Crippen molar-refractivity contribution in [2.24, 2.45) is 5.92 Å². The van der Waals surface area contributed by atoms with Gasteiger partial charge in [0.1, 0.15) is 0 Å². The van der Waals surface area contributed by atoms with Crippen molar-refractivity contribution >= 4 is 23.5 Å². The zero-order valence-electron chi connectivity index (χ0n) is 16.4. The second-order valence-corrected chi connectivity index (χ2v) is 7.46. The molecular formula is C21H29N3O4. The Morgan fingerprint density at radius 3 is 2.57 bits per heavy atom. The number of amides is 2. The summed E-state index contributed by atoms with van der Waals surface area (Å²) in [7, 11) is 0. The predicted molar refractivity (Wildman–Crippen MR) is 106 cm³/mol. The predicted octanol–water partition coefficient (Wildman–Crippen LogP) is 2.18. The number of ether oxygens (including phenoxy) is 1. The highest BCUT2D eigenvalue weighted by molar-refractivity contribution is 6.37. The summed E-state index contributed by atoms with van der Waals surface area (Å²) < 4.78 is 4.65. The summed E-state index contributed by atoms with van der Waals surface area (Å²) in [5, 5.41) is 5.53. The van der Waals surface area contributed by atoms with Gasteiger partial charge in [-0.1, -0.05) is 6.42 Å². The lowest BCUT2D eigenvalue weighted by Gasteiger charge is -2.44. The van der Waals surface area contributed by atoms with Crippen LogP contribution in [0, 0.1) is 5.92 Å². The maximum atomic E-state index is 12.5. The van der Waals surface area contributed by atoms with Crippen LogP contribution in [-0.4, -0.2) is 55.0 Å². The number of anilines is 1. The van der Waals surface area contributed by atoms with Crippen LogP contribution in [0.3, 0.4) is 0 Å². The van der Waals surface area contributed by atoms with Gasteiger partial charge in [-0.2, -0.15) is 0 Å². The van der Waals surface area contributed by atoms with Gasteiger partial charge in [-0.05, 0) is 75.9 Å². The van der Waals surface area contributed by atoms with E-state index in [1.807, 2.05) is 0 Å². The first-order valence-corrected chi connectivity index (χ1v) is 10.2. The molecule has 2 saturated heterocycles. The summed E-state index contributed by atoms with van der Waals surface area (Å²) in [6.45, 7) is 4.85. The zero-order valence-corrected chi connectivity index (χ0v) is 16.4. The number of fused-ring (bicyclic) bond motifs is 1. The smallest absolute Gasteiger partial charge is 0.397 e. The van der Waals surface area contributed by atoms with Gasteiger partial charge >= 0.3 is 11.9 Å². The lowest BCUT2D eigenvalue weighted by atomic mass is 9.83. The van der Waals surface area contributed by atoms with Crippen LogP contribution in [0.25, 0.3) is 0 Å². The summed E-state index contributed by atoms with van der Waals surface area (Å²) in [5.41, 5.74) is 0.977. The Kier molecular flexibility index (Phi) is 7.03. The molecule has 1 aromatic carbocycles. The van der Waals surface area contributed by atoms with Crippen LogP contribution in [0.2, 0.25) is 0 Å². The van der Waals surface area contributed by atoms with Crippen LogP contribution in [0.5, 0.6) is 0 Å². The maximum absolute atomic E-state index is 12.5. The van der Waals surface area contributed by atoms with E-state index >= 15 is 0 Å². The molecule has 7 nitrogen and oxygen atoms in total. The van der Waals surface area contributed by atoms with Crippen LogP contribution in [0.1, 0.15) is 49.4 Å². The van der Waals surface area contributed by atoms with Crippen molar-refractivity contribution in [2.45, 2.75) is 45.1 Å². The summed E-state index contributed by atoms with van der Waals surface area (Å²) in [4.78, 5) is 38.1. The Balaban J connectivity index is 1.50. The fourth-order valence-electron chi connectivity index (χ4n) is 4.22. The standard InChI is InChI=1S/C21H29N3O4/c1-2-28-21(27)20(26)23-17-10-8-15(9-11-17)19(25)22-14-16-6-5-13-24-12-4-3-7-18(16)24/h8-11,16,18H,2-7,12-14H2,1H3,(H,22,25)(H,23,26)/t16-,18-/m1/s1. The highest BCUT2D eigenvalue weighted by atomic mass is 16.5. The molecule has 0 spiro atoms. The normalized spacial score (nSPS) is 22.0. The lowest BCUT2D eigenvalue weighted by molar-refractivity contribution is -0.152. The molecule has 0 aliphatic carbocycles. The fourth-order valence-corrected chi connectivity index (χ4v) is 4.22. The molecule has 28 heavy (non-hydrogen) atoms. The van der Waals surface area contributed by atoms with E-state index in [0.29, 0.717) is 29.8 Å². The number of piperidine rings is 2. The number of hydrogen-bond acceptors (Lipinski definition) is 5. The Morgan fingerprint density at radius 1 is 1.07 bits per heavy atom. The molecular weight excluding hydrogens is 358 g/mol. The molecule has 0 radical (unpaired) electrons. The van der Waals surface area contributed by atoms with Crippen molar-refractivity contribution in [2.75, 3.05) is 31.6 Å². The first-order chi connectivity index (χ1) is 13.6. The second kappa shape index (κ2) is 9.68. The molecule has 2 heterocycles. The number of nitrogens with zero attached hydrogens (tertiary/aromatic N) is 1. The van der Waals surface area contributed by atoms with Gasteiger partial charge in [0.15, 0.2) is 0 Å². The van der Waals surface area contributed by atoms with E-state index in [1.165, 1.54) is 45.2 Å². The minimum atomic E-state index is -0.923. The largest absolute Gasteiger partial charge is 0.459 e. The van der Waals surface area contributed by atoms with Crippen LogP contribution in [0.15, 0.2) is 24.3 Å². The molecule has 0 unspecified atom stereocenters. The Morgan fingerprint density at radius 2 is 1.82 bits per heavy atom. The highest BCUT2D eigenvalue weighted by Gasteiger charge is 2.32. The molecule has 0 aromatic heterocycles. The van der Waals surface area contributed by atoms with Crippen LogP contribution in [0.4, 0.5) is 5.69 Å². The van der Waals surface area contributed by atoms with Crippen molar-refractivity contribution in [3.05, 3.63) is 29.8 Å². The van der Waals surface area contributed by atoms with Gasteiger partial charge in [0.2, 0.25) is 0 Å². The summed E-state index contributed by atoms with van der Waals surface area (Å²) >= 11 is 0. The monoisotopic (exact) mass is 387 g/mol. The van der Waals surface area contributed by atoms with E-state index in [1.54, 1.807) is 31.2 Å². The molecule has 0 saturated carbocycles.